The van der Waals surface area contributed by atoms with E-state index < -0.39 is 15.9 Å². The van der Waals surface area contributed by atoms with Crippen molar-refractivity contribution in [2.45, 2.75) is 0 Å². The summed E-state index contributed by atoms with van der Waals surface area (Å²) in [5, 5.41) is 3.60. The lowest BCUT2D eigenvalue weighted by Gasteiger charge is -2.33. The van der Waals surface area contributed by atoms with Crippen LogP contribution in [0.4, 0.5) is 11.4 Å². The zero-order chi connectivity index (χ0) is 22.9. The van der Waals surface area contributed by atoms with Crippen LogP contribution in [0.5, 0.6) is 0 Å². The molecule has 0 unspecified atom stereocenters. The SMILES string of the molecule is C=CCN1c2ccc(Cl)cc2C(c2ccccc2)=C(C(=O)Nc2ccc(Cl)cc2)S1(=O)=O. The minimum Gasteiger partial charge on any atom is -0.321 e. The van der Waals surface area contributed by atoms with Crippen LogP contribution in [0.3, 0.4) is 0 Å². The number of rotatable bonds is 5. The minimum absolute atomic E-state index is 0.00321. The first-order chi connectivity index (χ1) is 15.3. The summed E-state index contributed by atoms with van der Waals surface area (Å²) in [6.07, 6.45) is 1.47. The quantitative estimate of drug-likeness (QED) is 0.470. The minimum atomic E-state index is -4.22. The highest BCUT2D eigenvalue weighted by molar-refractivity contribution is 7.97. The van der Waals surface area contributed by atoms with Crippen LogP contribution in [0.25, 0.3) is 5.57 Å². The second kappa shape index (κ2) is 8.82. The van der Waals surface area contributed by atoms with E-state index in [0.717, 1.165) is 4.31 Å². The third-order valence-electron chi connectivity index (χ3n) is 4.94. The molecule has 0 saturated carbocycles. The van der Waals surface area contributed by atoms with Crippen molar-refractivity contribution in [3.05, 3.63) is 112 Å². The highest BCUT2D eigenvalue weighted by Crippen LogP contribution is 2.44. The molecule has 3 aromatic carbocycles. The zero-order valence-electron chi connectivity index (χ0n) is 16.8. The molecule has 1 amide bonds. The summed E-state index contributed by atoms with van der Waals surface area (Å²) >= 11 is 12.2. The molecule has 0 radical (unpaired) electrons. The number of benzene rings is 3. The number of hydrogen-bond acceptors (Lipinski definition) is 3. The Morgan fingerprint density at radius 3 is 2.28 bits per heavy atom. The lowest BCUT2D eigenvalue weighted by molar-refractivity contribution is -0.112. The molecule has 3 aromatic rings. The van der Waals surface area contributed by atoms with E-state index >= 15 is 0 Å². The van der Waals surface area contributed by atoms with Crippen LogP contribution >= 0.6 is 23.2 Å². The number of hydrogen-bond donors (Lipinski definition) is 1. The smallest absolute Gasteiger partial charge is 0.270 e. The van der Waals surface area contributed by atoms with Crippen molar-refractivity contribution in [2.75, 3.05) is 16.2 Å². The molecule has 0 bridgehead atoms. The first kappa shape index (κ1) is 22.1. The van der Waals surface area contributed by atoms with Crippen molar-refractivity contribution in [3.8, 4) is 0 Å². The number of halogens is 2. The summed E-state index contributed by atoms with van der Waals surface area (Å²) in [7, 11) is -4.22. The normalized spacial score (nSPS) is 14.6. The summed E-state index contributed by atoms with van der Waals surface area (Å²) in [5.74, 6) is -0.758. The van der Waals surface area contributed by atoms with Gasteiger partial charge in [0.1, 0.15) is 0 Å². The Balaban J connectivity index is 2.00. The molecule has 5 nitrogen and oxygen atoms in total. The van der Waals surface area contributed by atoms with Crippen LogP contribution < -0.4 is 9.62 Å². The molecule has 0 aromatic heterocycles. The number of sulfonamides is 1. The molecular formula is C24H18Cl2N2O3S. The first-order valence-electron chi connectivity index (χ1n) is 9.63. The molecule has 0 aliphatic carbocycles. The molecule has 0 atom stereocenters. The van der Waals surface area contributed by atoms with Gasteiger partial charge in [0.05, 0.1) is 12.2 Å². The van der Waals surface area contributed by atoms with E-state index in [1.807, 2.05) is 6.07 Å². The van der Waals surface area contributed by atoms with E-state index in [1.54, 1.807) is 66.7 Å². The Morgan fingerprint density at radius 1 is 0.969 bits per heavy atom. The van der Waals surface area contributed by atoms with Gasteiger partial charge in [-0.1, -0.05) is 59.6 Å². The van der Waals surface area contributed by atoms with Crippen molar-refractivity contribution in [2.24, 2.45) is 0 Å². The average Bonchev–Trinajstić information content (AvgIpc) is 2.77. The molecule has 32 heavy (non-hydrogen) atoms. The summed E-state index contributed by atoms with van der Waals surface area (Å²) < 4.78 is 28.6. The number of nitrogens with zero attached hydrogens (tertiary/aromatic N) is 1. The average molecular weight is 485 g/mol. The second-order valence-corrected chi connectivity index (χ2v) is 9.69. The number of anilines is 2. The molecule has 1 aliphatic rings. The monoisotopic (exact) mass is 484 g/mol. The summed E-state index contributed by atoms with van der Waals surface area (Å²) in [4.78, 5) is 13.1. The molecule has 0 saturated heterocycles. The fraction of sp³-hybridized carbons (Fsp3) is 0.0417. The molecular weight excluding hydrogens is 467 g/mol. The number of carbonyl (C=O) groups excluding carboxylic acids is 1. The van der Waals surface area contributed by atoms with Gasteiger partial charge in [-0.15, -0.1) is 6.58 Å². The van der Waals surface area contributed by atoms with Gasteiger partial charge in [-0.05, 0) is 48.0 Å². The lowest BCUT2D eigenvalue weighted by Crippen LogP contribution is -2.39. The van der Waals surface area contributed by atoms with Crippen LogP contribution in [-0.4, -0.2) is 20.9 Å². The Bertz CT molecular complexity index is 1340. The number of amides is 1. The van der Waals surface area contributed by atoms with E-state index in [1.165, 1.54) is 6.08 Å². The van der Waals surface area contributed by atoms with Gasteiger partial charge in [0.25, 0.3) is 15.9 Å². The van der Waals surface area contributed by atoms with Crippen molar-refractivity contribution in [1.29, 1.82) is 0 Å². The van der Waals surface area contributed by atoms with Gasteiger partial charge in [0.15, 0.2) is 4.91 Å². The predicted octanol–water partition coefficient (Wildman–Crippen LogP) is 5.73. The van der Waals surface area contributed by atoms with Crippen LogP contribution in [0.1, 0.15) is 11.1 Å². The molecule has 1 heterocycles. The highest BCUT2D eigenvalue weighted by Gasteiger charge is 2.41. The summed E-state index contributed by atoms with van der Waals surface area (Å²) in [6, 6.07) is 20.2. The number of fused-ring (bicyclic) bond motifs is 1. The van der Waals surface area contributed by atoms with Crippen LogP contribution in [0, 0.1) is 0 Å². The van der Waals surface area contributed by atoms with E-state index in [4.69, 9.17) is 23.2 Å². The van der Waals surface area contributed by atoms with Gasteiger partial charge in [0.2, 0.25) is 0 Å². The predicted molar refractivity (Wildman–Crippen MR) is 130 cm³/mol. The lowest BCUT2D eigenvalue weighted by atomic mass is 9.95. The molecule has 4 rings (SSSR count). The van der Waals surface area contributed by atoms with Gasteiger partial charge in [-0.25, -0.2) is 8.42 Å². The zero-order valence-corrected chi connectivity index (χ0v) is 19.1. The highest BCUT2D eigenvalue weighted by atomic mass is 35.5. The second-order valence-electron chi connectivity index (χ2n) is 7.02. The molecule has 1 aliphatic heterocycles. The van der Waals surface area contributed by atoms with E-state index in [0.29, 0.717) is 32.5 Å². The topological polar surface area (TPSA) is 66.5 Å². The van der Waals surface area contributed by atoms with Gasteiger partial charge >= 0.3 is 0 Å². The Hall–Kier alpha value is -3.06. The van der Waals surface area contributed by atoms with Gasteiger partial charge in [0, 0.05) is 26.9 Å². The maximum absolute atomic E-state index is 13.7. The maximum Gasteiger partial charge on any atom is 0.270 e. The van der Waals surface area contributed by atoms with Gasteiger partial charge < -0.3 is 5.32 Å². The third-order valence-corrected chi connectivity index (χ3v) is 7.26. The van der Waals surface area contributed by atoms with Crippen LogP contribution in [-0.2, 0) is 14.8 Å². The summed E-state index contributed by atoms with van der Waals surface area (Å²) in [5.41, 5.74) is 2.26. The standard InChI is InChI=1S/C24H18Cl2N2O3S/c1-2-14-28-21-13-10-18(26)15-20(21)22(16-6-4-3-5-7-16)23(32(28,30)31)24(29)27-19-11-8-17(25)9-12-19/h2-13,15H,1,14H2,(H,27,29). The van der Waals surface area contributed by atoms with E-state index in [9.17, 15) is 13.2 Å². The Labute approximate surface area is 196 Å². The number of carbonyl (C=O) groups is 1. The van der Waals surface area contributed by atoms with E-state index in [2.05, 4.69) is 11.9 Å². The van der Waals surface area contributed by atoms with Crippen LogP contribution in [0.2, 0.25) is 10.0 Å². The fourth-order valence-corrected chi connectivity index (χ4v) is 5.58. The van der Waals surface area contributed by atoms with Crippen molar-refractivity contribution < 1.29 is 13.2 Å². The van der Waals surface area contributed by atoms with Crippen molar-refractivity contribution in [3.63, 3.8) is 0 Å². The first-order valence-corrected chi connectivity index (χ1v) is 11.8. The van der Waals surface area contributed by atoms with Gasteiger partial charge in [-0.3, -0.25) is 9.10 Å². The largest absolute Gasteiger partial charge is 0.321 e. The summed E-state index contributed by atoms with van der Waals surface area (Å²) in [6.45, 7) is 3.67. The maximum atomic E-state index is 13.7. The molecule has 162 valence electrons. The van der Waals surface area contributed by atoms with Crippen molar-refractivity contribution >= 4 is 56.1 Å². The molecule has 0 fully saturated rings. The van der Waals surface area contributed by atoms with Gasteiger partial charge in [-0.2, -0.15) is 0 Å². The number of nitrogens with one attached hydrogen (secondary N) is 1. The van der Waals surface area contributed by atoms with Crippen molar-refractivity contribution in [1.82, 2.24) is 0 Å². The Kier molecular flexibility index (Phi) is 6.11. The Morgan fingerprint density at radius 2 is 1.62 bits per heavy atom. The third kappa shape index (κ3) is 4.05. The van der Waals surface area contributed by atoms with Crippen LogP contribution in [0.15, 0.2) is 90.4 Å². The molecule has 8 heteroatoms. The molecule has 0 spiro atoms. The van der Waals surface area contributed by atoms with E-state index in [-0.39, 0.29) is 17.0 Å². The molecule has 1 N–H and O–H groups in total. The fourth-order valence-electron chi connectivity index (χ4n) is 3.57.